The van der Waals surface area contributed by atoms with E-state index in [1.165, 1.54) is 0 Å². The fraction of sp³-hybridized carbons (Fsp3) is 0.462. The van der Waals surface area contributed by atoms with Gasteiger partial charge in [0.15, 0.2) is 6.61 Å². The van der Waals surface area contributed by atoms with Crippen molar-refractivity contribution >= 4 is 27.7 Å². The third-order valence-corrected chi connectivity index (χ3v) is 6.89. The summed E-state index contributed by atoms with van der Waals surface area (Å²) in [5.74, 6) is 0.348. The van der Waals surface area contributed by atoms with Gasteiger partial charge in [-0.2, -0.15) is 0 Å². The summed E-state index contributed by atoms with van der Waals surface area (Å²) in [5.41, 5.74) is 3.23. The van der Waals surface area contributed by atoms with Crippen molar-refractivity contribution in [1.29, 1.82) is 0 Å². The van der Waals surface area contributed by atoms with Gasteiger partial charge in [0.05, 0.1) is 0 Å². The van der Waals surface area contributed by atoms with Crippen LogP contribution in [0, 0.1) is 13.8 Å². The monoisotopic (exact) mass is 502 g/mol. The number of nitrogens with one attached hydrogen (secondary N) is 1. The molecule has 0 bridgehead atoms. The highest BCUT2D eigenvalue weighted by molar-refractivity contribution is 9.10. The molecule has 0 saturated carbocycles. The van der Waals surface area contributed by atoms with Crippen molar-refractivity contribution in [3.05, 3.63) is 63.6 Å². The zero-order chi connectivity index (χ0) is 23.7. The summed E-state index contributed by atoms with van der Waals surface area (Å²) in [6, 6.07) is 13.4. The number of rotatable bonds is 11. The quantitative estimate of drug-likeness (QED) is 0.458. The van der Waals surface area contributed by atoms with Gasteiger partial charge in [-0.25, -0.2) is 0 Å². The minimum atomic E-state index is -0.530. The lowest BCUT2D eigenvalue weighted by Crippen LogP contribution is -2.52. The second-order valence-electron chi connectivity index (χ2n) is 8.22. The molecule has 0 aromatic heterocycles. The second-order valence-corrected chi connectivity index (χ2v) is 9.02. The van der Waals surface area contributed by atoms with Crippen molar-refractivity contribution in [2.24, 2.45) is 0 Å². The molecular formula is C26H35BrN2O3. The lowest BCUT2D eigenvalue weighted by Gasteiger charge is -2.31. The van der Waals surface area contributed by atoms with Gasteiger partial charge in [0.25, 0.3) is 5.91 Å². The van der Waals surface area contributed by atoms with Crippen LogP contribution in [0.1, 0.15) is 50.3 Å². The molecule has 0 fully saturated rings. The van der Waals surface area contributed by atoms with E-state index in [9.17, 15) is 9.59 Å². The molecule has 2 rings (SSSR count). The first-order valence-corrected chi connectivity index (χ1v) is 12.1. The van der Waals surface area contributed by atoms with Gasteiger partial charge in [0.2, 0.25) is 5.91 Å². The Morgan fingerprint density at radius 2 is 1.69 bits per heavy atom. The van der Waals surface area contributed by atoms with E-state index < -0.39 is 6.04 Å². The molecule has 0 heterocycles. The molecule has 0 saturated heterocycles. The summed E-state index contributed by atoms with van der Waals surface area (Å²) in [6.45, 7) is 10.3. The van der Waals surface area contributed by atoms with Crippen LogP contribution in [-0.2, 0) is 16.0 Å². The predicted octanol–water partition coefficient (Wildman–Crippen LogP) is 5.21. The Labute approximate surface area is 200 Å². The fourth-order valence-electron chi connectivity index (χ4n) is 3.55. The molecule has 2 atom stereocenters. The first-order chi connectivity index (χ1) is 15.3. The van der Waals surface area contributed by atoms with Gasteiger partial charge in [0, 0.05) is 17.1 Å². The lowest BCUT2D eigenvalue weighted by molar-refractivity contribution is -0.142. The molecule has 0 spiro atoms. The molecule has 0 aliphatic heterocycles. The largest absolute Gasteiger partial charge is 0.484 e. The number of ether oxygens (including phenoxy) is 1. The number of nitrogens with zero attached hydrogens (tertiary/aromatic N) is 1. The van der Waals surface area contributed by atoms with Gasteiger partial charge in [-0.05, 0) is 68.9 Å². The number of amides is 2. The van der Waals surface area contributed by atoms with Crippen LogP contribution in [0.5, 0.6) is 5.75 Å². The van der Waals surface area contributed by atoms with Crippen LogP contribution < -0.4 is 10.1 Å². The normalized spacial score (nSPS) is 12.7. The summed E-state index contributed by atoms with van der Waals surface area (Å²) >= 11 is 3.55. The second kappa shape index (κ2) is 12.6. The summed E-state index contributed by atoms with van der Waals surface area (Å²) in [4.78, 5) is 27.9. The Morgan fingerprint density at radius 1 is 1.06 bits per heavy atom. The molecule has 174 valence electrons. The predicted molar refractivity (Wildman–Crippen MR) is 133 cm³/mol. The third-order valence-electron chi connectivity index (χ3n) is 5.64. The lowest BCUT2D eigenvalue weighted by atomic mass is 10.1. The Morgan fingerprint density at radius 3 is 2.25 bits per heavy atom. The SMILES string of the molecule is CC[C@@H](C)NC(=O)[C@@H](CC)N(CCc1ccccc1)C(=O)COc1cc(C)c(Br)c(C)c1. The van der Waals surface area contributed by atoms with Crippen LogP contribution in [0.3, 0.4) is 0 Å². The number of halogens is 1. The van der Waals surface area contributed by atoms with E-state index in [1.807, 2.05) is 77.1 Å². The molecule has 2 amide bonds. The zero-order valence-corrected chi connectivity index (χ0v) is 21.4. The molecule has 5 nitrogen and oxygen atoms in total. The Bertz CT molecular complexity index is 878. The van der Waals surface area contributed by atoms with E-state index in [2.05, 4.69) is 21.2 Å². The maximum atomic E-state index is 13.2. The topological polar surface area (TPSA) is 58.6 Å². The average Bonchev–Trinajstić information content (AvgIpc) is 2.78. The minimum absolute atomic E-state index is 0.0626. The van der Waals surface area contributed by atoms with Crippen molar-refractivity contribution in [3.8, 4) is 5.75 Å². The highest BCUT2D eigenvalue weighted by atomic mass is 79.9. The summed E-state index contributed by atoms with van der Waals surface area (Å²) < 4.78 is 6.89. The molecule has 0 aliphatic carbocycles. The third kappa shape index (κ3) is 7.37. The van der Waals surface area contributed by atoms with Crippen molar-refractivity contribution in [1.82, 2.24) is 10.2 Å². The molecule has 2 aromatic rings. The number of benzene rings is 2. The van der Waals surface area contributed by atoms with Crippen LogP contribution in [-0.4, -0.2) is 41.9 Å². The maximum Gasteiger partial charge on any atom is 0.261 e. The van der Waals surface area contributed by atoms with Gasteiger partial charge in [-0.15, -0.1) is 0 Å². The van der Waals surface area contributed by atoms with Gasteiger partial charge in [-0.1, -0.05) is 60.1 Å². The molecule has 32 heavy (non-hydrogen) atoms. The Balaban J connectivity index is 2.17. The first kappa shape index (κ1) is 25.9. The molecule has 0 radical (unpaired) electrons. The number of carbonyl (C=O) groups is 2. The molecular weight excluding hydrogens is 468 g/mol. The summed E-state index contributed by atoms with van der Waals surface area (Å²) in [5, 5.41) is 3.03. The molecule has 0 aliphatic rings. The fourth-order valence-corrected chi connectivity index (χ4v) is 3.78. The van der Waals surface area contributed by atoms with E-state index >= 15 is 0 Å². The Kier molecular flexibility index (Phi) is 10.2. The number of hydrogen-bond donors (Lipinski definition) is 1. The smallest absolute Gasteiger partial charge is 0.261 e. The highest BCUT2D eigenvalue weighted by Crippen LogP contribution is 2.26. The minimum Gasteiger partial charge on any atom is -0.484 e. The number of hydrogen-bond acceptors (Lipinski definition) is 3. The standard InChI is InChI=1S/C26H35BrN2O3/c1-6-20(5)28-26(31)23(7-2)29(14-13-21-11-9-8-10-12-21)24(30)17-32-22-15-18(3)25(27)19(4)16-22/h8-12,15-16,20,23H,6-7,13-14,17H2,1-5H3,(H,28,31)/t20-,23-/m1/s1. The van der Waals surface area contributed by atoms with Crippen molar-refractivity contribution in [2.75, 3.05) is 13.2 Å². The van der Waals surface area contributed by atoms with Crippen LogP contribution in [0.2, 0.25) is 0 Å². The van der Waals surface area contributed by atoms with Crippen molar-refractivity contribution < 1.29 is 14.3 Å². The van der Waals surface area contributed by atoms with E-state index in [1.54, 1.807) is 4.90 Å². The van der Waals surface area contributed by atoms with E-state index in [0.29, 0.717) is 25.1 Å². The van der Waals surface area contributed by atoms with Crippen LogP contribution in [0.4, 0.5) is 0 Å². The molecule has 2 aromatic carbocycles. The average molecular weight is 503 g/mol. The highest BCUT2D eigenvalue weighted by Gasteiger charge is 2.29. The van der Waals surface area contributed by atoms with Crippen molar-refractivity contribution in [2.45, 2.75) is 66.0 Å². The molecule has 0 unspecified atom stereocenters. The van der Waals surface area contributed by atoms with Crippen LogP contribution in [0.15, 0.2) is 46.9 Å². The number of aryl methyl sites for hydroxylation is 2. The van der Waals surface area contributed by atoms with Crippen LogP contribution in [0.25, 0.3) is 0 Å². The van der Waals surface area contributed by atoms with Gasteiger partial charge in [0.1, 0.15) is 11.8 Å². The van der Waals surface area contributed by atoms with E-state index in [4.69, 9.17) is 4.74 Å². The molecule has 6 heteroatoms. The summed E-state index contributed by atoms with van der Waals surface area (Å²) in [7, 11) is 0. The summed E-state index contributed by atoms with van der Waals surface area (Å²) in [6.07, 6.45) is 2.06. The Hall–Kier alpha value is -2.34. The van der Waals surface area contributed by atoms with Gasteiger partial charge in [-0.3, -0.25) is 9.59 Å². The van der Waals surface area contributed by atoms with Crippen LogP contribution >= 0.6 is 15.9 Å². The molecule has 1 N–H and O–H groups in total. The van der Waals surface area contributed by atoms with Gasteiger partial charge < -0.3 is 15.0 Å². The van der Waals surface area contributed by atoms with Crippen molar-refractivity contribution in [3.63, 3.8) is 0 Å². The number of carbonyl (C=O) groups excluding carboxylic acids is 2. The van der Waals surface area contributed by atoms with Gasteiger partial charge >= 0.3 is 0 Å². The zero-order valence-electron chi connectivity index (χ0n) is 19.8. The maximum absolute atomic E-state index is 13.2. The van der Waals surface area contributed by atoms with E-state index in [-0.39, 0.29) is 24.5 Å². The van der Waals surface area contributed by atoms with E-state index in [0.717, 1.165) is 27.6 Å². The first-order valence-electron chi connectivity index (χ1n) is 11.3.